The number of carbonyl (C=O) groups is 1. The molecule has 0 aliphatic heterocycles. The Bertz CT molecular complexity index is 939. The van der Waals surface area contributed by atoms with Gasteiger partial charge in [-0.05, 0) is 17.5 Å². The SMILES string of the molecule is CC(C)(C)CC(=O)Nc1nc2ccc(C(F)(F)F)cn2c1-c1nccs1. The number of rotatable bonds is 3. The molecular formula is C17H17F3N4OS. The van der Waals surface area contributed by atoms with Crippen molar-refractivity contribution >= 4 is 28.7 Å². The third-order valence-electron chi connectivity index (χ3n) is 3.53. The van der Waals surface area contributed by atoms with Gasteiger partial charge in [-0.25, -0.2) is 9.97 Å². The van der Waals surface area contributed by atoms with E-state index in [-0.39, 0.29) is 23.6 Å². The summed E-state index contributed by atoms with van der Waals surface area (Å²) in [5.74, 6) is -0.0525. The number of anilines is 1. The second-order valence-corrected chi connectivity index (χ2v) is 7.97. The van der Waals surface area contributed by atoms with Crippen LogP contribution in [-0.2, 0) is 11.0 Å². The molecule has 1 N–H and O–H groups in total. The van der Waals surface area contributed by atoms with Gasteiger partial charge in [0.15, 0.2) is 5.82 Å². The standard InChI is InChI=1S/C17H17F3N4OS/c1-16(2,3)8-12(25)23-14-13(15-21-6-7-26-15)24-9-10(17(18,19)20)4-5-11(24)22-14/h4-7,9H,8H2,1-3H3,(H,23,25). The summed E-state index contributed by atoms with van der Waals surface area (Å²) in [7, 11) is 0. The molecule has 138 valence electrons. The number of hydrogen-bond donors (Lipinski definition) is 1. The number of pyridine rings is 1. The highest BCUT2D eigenvalue weighted by molar-refractivity contribution is 7.13. The van der Waals surface area contributed by atoms with E-state index in [2.05, 4.69) is 15.3 Å². The second kappa shape index (κ2) is 6.39. The summed E-state index contributed by atoms with van der Waals surface area (Å²) in [6, 6.07) is 2.24. The zero-order chi connectivity index (χ0) is 19.1. The second-order valence-electron chi connectivity index (χ2n) is 7.08. The van der Waals surface area contributed by atoms with Crippen molar-refractivity contribution in [2.45, 2.75) is 33.4 Å². The number of thiazole rings is 1. The molecule has 3 aromatic heterocycles. The summed E-state index contributed by atoms with van der Waals surface area (Å²) < 4.78 is 40.5. The Morgan fingerprint density at radius 3 is 2.58 bits per heavy atom. The molecule has 1 amide bonds. The number of nitrogens with zero attached hydrogens (tertiary/aromatic N) is 3. The first kappa shape index (κ1) is 18.4. The molecule has 0 bridgehead atoms. The molecule has 0 unspecified atom stereocenters. The van der Waals surface area contributed by atoms with E-state index in [0.29, 0.717) is 16.3 Å². The van der Waals surface area contributed by atoms with E-state index in [1.165, 1.54) is 21.8 Å². The van der Waals surface area contributed by atoms with Crippen LogP contribution in [0, 0.1) is 5.41 Å². The van der Waals surface area contributed by atoms with E-state index in [0.717, 1.165) is 12.3 Å². The number of halogens is 3. The van der Waals surface area contributed by atoms with E-state index in [1.807, 2.05) is 20.8 Å². The number of imidazole rings is 1. The fourth-order valence-corrected chi connectivity index (χ4v) is 3.18. The Labute approximate surface area is 151 Å². The number of carbonyl (C=O) groups excluding carboxylic acids is 1. The van der Waals surface area contributed by atoms with E-state index in [9.17, 15) is 18.0 Å². The van der Waals surface area contributed by atoms with Gasteiger partial charge in [-0.15, -0.1) is 11.3 Å². The van der Waals surface area contributed by atoms with Crippen LogP contribution in [0.15, 0.2) is 29.9 Å². The summed E-state index contributed by atoms with van der Waals surface area (Å²) in [6.45, 7) is 5.77. The summed E-state index contributed by atoms with van der Waals surface area (Å²) in [6.07, 6.45) is -1.70. The third kappa shape index (κ3) is 3.87. The van der Waals surface area contributed by atoms with Gasteiger partial charge in [0.25, 0.3) is 0 Å². The number of fused-ring (bicyclic) bond motifs is 1. The highest BCUT2D eigenvalue weighted by atomic mass is 32.1. The van der Waals surface area contributed by atoms with Crippen LogP contribution in [0.4, 0.5) is 19.0 Å². The Balaban J connectivity index is 2.11. The van der Waals surface area contributed by atoms with Crippen molar-refractivity contribution in [2.75, 3.05) is 5.32 Å². The molecule has 3 heterocycles. The zero-order valence-corrected chi connectivity index (χ0v) is 15.2. The van der Waals surface area contributed by atoms with Crippen LogP contribution < -0.4 is 5.32 Å². The fraction of sp³-hybridized carbons (Fsp3) is 0.353. The number of aromatic nitrogens is 3. The van der Waals surface area contributed by atoms with Crippen molar-refractivity contribution < 1.29 is 18.0 Å². The lowest BCUT2D eigenvalue weighted by atomic mass is 9.92. The molecule has 26 heavy (non-hydrogen) atoms. The summed E-state index contributed by atoms with van der Waals surface area (Å²) in [5, 5.41) is 4.90. The lowest BCUT2D eigenvalue weighted by molar-refractivity contribution is -0.137. The lowest BCUT2D eigenvalue weighted by Gasteiger charge is -2.16. The molecule has 0 saturated carbocycles. The first-order valence-corrected chi connectivity index (χ1v) is 8.71. The van der Waals surface area contributed by atoms with Crippen LogP contribution in [0.3, 0.4) is 0 Å². The first-order valence-electron chi connectivity index (χ1n) is 7.84. The molecule has 0 fully saturated rings. The topological polar surface area (TPSA) is 59.3 Å². The van der Waals surface area contributed by atoms with Crippen LogP contribution in [0.25, 0.3) is 16.3 Å². The predicted molar refractivity (Wildman–Crippen MR) is 94.0 cm³/mol. The maximum absolute atomic E-state index is 13.1. The van der Waals surface area contributed by atoms with E-state index in [1.54, 1.807) is 11.6 Å². The van der Waals surface area contributed by atoms with Crippen LogP contribution in [0.2, 0.25) is 0 Å². The van der Waals surface area contributed by atoms with Gasteiger partial charge in [-0.3, -0.25) is 9.20 Å². The molecule has 9 heteroatoms. The highest BCUT2D eigenvalue weighted by Crippen LogP contribution is 2.34. The smallest absolute Gasteiger partial charge is 0.309 e. The summed E-state index contributed by atoms with van der Waals surface area (Å²) in [5.41, 5.74) is -0.390. The molecule has 0 spiro atoms. The highest BCUT2D eigenvalue weighted by Gasteiger charge is 2.32. The van der Waals surface area contributed by atoms with E-state index >= 15 is 0 Å². The molecule has 0 atom stereocenters. The van der Waals surface area contributed by atoms with Crippen molar-refractivity contribution in [1.82, 2.24) is 14.4 Å². The molecule has 0 radical (unpaired) electrons. The van der Waals surface area contributed by atoms with Gasteiger partial charge < -0.3 is 5.32 Å². The van der Waals surface area contributed by atoms with Gasteiger partial charge in [-0.1, -0.05) is 20.8 Å². The van der Waals surface area contributed by atoms with Crippen LogP contribution in [0.5, 0.6) is 0 Å². The van der Waals surface area contributed by atoms with Crippen LogP contribution in [0.1, 0.15) is 32.8 Å². The Kier molecular flexibility index (Phi) is 4.51. The van der Waals surface area contributed by atoms with Crippen molar-refractivity contribution in [3.63, 3.8) is 0 Å². The van der Waals surface area contributed by atoms with Crippen molar-refractivity contribution in [1.29, 1.82) is 0 Å². The minimum Gasteiger partial charge on any atom is -0.309 e. The summed E-state index contributed by atoms with van der Waals surface area (Å²) in [4.78, 5) is 20.8. The average molecular weight is 382 g/mol. The maximum atomic E-state index is 13.1. The number of alkyl halides is 3. The van der Waals surface area contributed by atoms with Crippen molar-refractivity contribution in [2.24, 2.45) is 5.41 Å². The molecule has 3 rings (SSSR count). The minimum atomic E-state index is -4.48. The van der Waals surface area contributed by atoms with E-state index in [4.69, 9.17) is 0 Å². The quantitative estimate of drug-likeness (QED) is 0.704. The minimum absolute atomic E-state index is 0.202. The lowest BCUT2D eigenvalue weighted by Crippen LogP contribution is -2.20. The van der Waals surface area contributed by atoms with Gasteiger partial charge in [0.2, 0.25) is 5.91 Å². The molecule has 0 saturated heterocycles. The molecule has 0 aliphatic carbocycles. The molecule has 3 aromatic rings. The van der Waals surface area contributed by atoms with E-state index < -0.39 is 11.7 Å². The predicted octanol–water partition coefficient (Wildman–Crippen LogP) is 4.85. The monoisotopic (exact) mass is 382 g/mol. The van der Waals surface area contributed by atoms with Crippen LogP contribution >= 0.6 is 11.3 Å². The number of amides is 1. The first-order chi connectivity index (χ1) is 12.0. The van der Waals surface area contributed by atoms with Crippen molar-refractivity contribution in [3.05, 3.63) is 35.5 Å². The molecular weight excluding hydrogens is 365 g/mol. The van der Waals surface area contributed by atoms with Gasteiger partial charge >= 0.3 is 6.18 Å². The number of hydrogen-bond acceptors (Lipinski definition) is 4. The fourth-order valence-electron chi connectivity index (χ4n) is 2.50. The molecule has 0 aromatic carbocycles. The Morgan fingerprint density at radius 2 is 2.00 bits per heavy atom. The largest absolute Gasteiger partial charge is 0.417 e. The Hall–Kier alpha value is -2.42. The summed E-state index contributed by atoms with van der Waals surface area (Å²) >= 11 is 1.26. The maximum Gasteiger partial charge on any atom is 0.417 e. The average Bonchev–Trinajstić information content (AvgIpc) is 3.09. The molecule has 5 nitrogen and oxygen atoms in total. The normalized spacial score (nSPS) is 12.5. The van der Waals surface area contributed by atoms with Gasteiger partial charge in [0.05, 0.1) is 5.56 Å². The van der Waals surface area contributed by atoms with Gasteiger partial charge in [-0.2, -0.15) is 13.2 Å². The Morgan fingerprint density at radius 1 is 1.27 bits per heavy atom. The van der Waals surface area contributed by atoms with Gasteiger partial charge in [0, 0.05) is 24.2 Å². The van der Waals surface area contributed by atoms with Gasteiger partial charge in [0.1, 0.15) is 16.3 Å². The van der Waals surface area contributed by atoms with Crippen LogP contribution in [-0.4, -0.2) is 20.3 Å². The third-order valence-corrected chi connectivity index (χ3v) is 4.31. The number of nitrogens with one attached hydrogen (secondary N) is 1. The zero-order valence-electron chi connectivity index (χ0n) is 14.4. The van der Waals surface area contributed by atoms with Crippen molar-refractivity contribution in [3.8, 4) is 10.7 Å². The molecule has 0 aliphatic rings.